The Bertz CT molecular complexity index is 812. The van der Waals surface area contributed by atoms with Gasteiger partial charge >= 0.3 is 0 Å². The zero-order valence-corrected chi connectivity index (χ0v) is 14.5. The van der Waals surface area contributed by atoms with Crippen molar-refractivity contribution in [2.75, 3.05) is 16.8 Å². The number of amides is 2. The van der Waals surface area contributed by atoms with E-state index in [1.54, 1.807) is 18.2 Å². The van der Waals surface area contributed by atoms with E-state index in [0.29, 0.717) is 10.7 Å². The van der Waals surface area contributed by atoms with Crippen LogP contribution in [0.5, 0.6) is 0 Å². The number of carbonyl (C=O) groups is 2. The van der Waals surface area contributed by atoms with Crippen LogP contribution in [-0.4, -0.2) is 18.4 Å². The van der Waals surface area contributed by atoms with Crippen LogP contribution in [0, 0.1) is 18.6 Å². The van der Waals surface area contributed by atoms with E-state index in [1.165, 1.54) is 17.9 Å². The molecule has 0 aromatic heterocycles. The summed E-state index contributed by atoms with van der Waals surface area (Å²) in [6.45, 7) is 3.14. The van der Waals surface area contributed by atoms with E-state index < -0.39 is 11.6 Å². The highest BCUT2D eigenvalue weighted by molar-refractivity contribution is 6.30. The molecule has 0 radical (unpaired) electrons. The highest BCUT2D eigenvalue weighted by atomic mass is 35.5. The molecule has 0 aliphatic heterocycles. The maximum atomic E-state index is 13.4. The van der Waals surface area contributed by atoms with E-state index in [9.17, 15) is 18.4 Å². The quantitative estimate of drug-likeness (QED) is 0.857. The number of anilines is 2. The van der Waals surface area contributed by atoms with Crippen molar-refractivity contribution in [2.24, 2.45) is 0 Å². The van der Waals surface area contributed by atoms with E-state index >= 15 is 0 Å². The van der Waals surface area contributed by atoms with Gasteiger partial charge in [0.05, 0.1) is 0 Å². The van der Waals surface area contributed by atoms with Crippen LogP contribution in [-0.2, 0) is 9.59 Å². The first-order valence-corrected chi connectivity index (χ1v) is 7.95. The number of nitrogens with one attached hydrogen (secondary N) is 1. The minimum atomic E-state index is -1.05. The van der Waals surface area contributed by atoms with Crippen molar-refractivity contribution < 1.29 is 18.4 Å². The van der Waals surface area contributed by atoms with Gasteiger partial charge in [-0.3, -0.25) is 9.59 Å². The summed E-state index contributed by atoms with van der Waals surface area (Å²) in [5.74, 6) is -2.73. The van der Waals surface area contributed by atoms with Crippen LogP contribution in [0.3, 0.4) is 0 Å². The van der Waals surface area contributed by atoms with Crippen LogP contribution in [0.2, 0.25) is 5.02 Å². The predicted octanol–water partition coefficient (Wildman–Crippen LogP) is 4.31. The Morgan fingerprint density at radius 3 is 2.44 bits per heavy atom. The van der Waals surface area contributed by atoms with Crippen molar-refractivity contribution in [3.8, 4) is 0 Å². The molecule has 0 aliphatic carbocycles. The van der Waals surface area contributed by atoms with Gasteiger partial charge in [-0.15, -0.1) is 0 Å². The number of halogens is 3. The lowest BCUT2D eigenvalue weighted by Gasteiger charge is -2.21. The van der Waals surface area contributed by atoms with Gasteiger partial charge < -0.3 is 10.2 Å². The monoisotopic (exact) mass is 366 g/mol. The van der Waals surface area contributed by atoms with E-state index in [4.69, 9.17) is 11.6 Å². The fourth-order valence-corrected chi connectivity index (χ4v) is 2.54. The molecule has 0 atom stereocenters. The topological polar surface area (TPSA) is 49.4 Å². The van der Waals surface area contributed by atoms with E-state index in [1.807, 2.05) is 6.92 Å². The van der Waals surface area contributed by atoms with Gasteiger partial charge in [0.2, 0.25) is 11.8 Å². The average molecular weight is 367 g/mol. The number of benzene rings is 2. The van der Waals surface area contributed by atoms with Crippen LogP contribution < -0.4 is 10.2 Å². The summed E-state index contributed by atoms with van der Waals surface area (Å²) < 4.78 is 26.4. The number of hydrogen-bond donors (Lipinski definition) is 1. The molecule has 0 spiro atoms. The van der Waals surface area contributed by atoms with E-state index in [2.05, 4.69) is 5.32 Å². The lowest BCUT2D eigenvalue weighted by atomic mass is 10.2. The summed E-state index contributed by atoms with van der Waals surface area (Å²) in [5.41, 5.74) is 1.63. The second kappa shape index (κ2) is 8.07. The summed E-state index contributed by atoms with van der Waals surface area (Å²) >= 11 is 5.87. The first kappa shape index (κ1) is 18.9. The Morgan fingerprint density at radius 2 is 1.84 bits per heavy atom. The van der Waals surface area contributed by atoms with Crippen LogP contribution in [0.4, 0.5) is 20.2 Å². The summed E-state index contributed by atoms with van der Waals surface area (Å²) in [7, 11) is 0. The molecule has 7 heteroatoms. The van der Waals surface area contributed by atoms with E-state index in [-0.39, 0.29) is 30.5 Å². The van der Waals surface area contributed by atoms with Gasteiger partial charge in [-0.1, -0.05) is 11.6 Å². The molecule has 0 saturated heterocycles. The summed E-state index contributed by atoms with van der Waals surface area (Å²) in [5, 5.41) is 3.30. The molecule has 132 valence electrons. The molecule has 0 heterocycles. The molecule has 2 aromatic carbocycles. The van der Waals surface area contributed by atoms with Crippen LogP contribution in [0.1, 0.15) is 18.9 Å². The predicted molar refractivity (Wildman–Crippen MR) is 93.8 cm³/mol. The number of rotatable bonds is 5. The summed E-state index contributed by atoms with van der Waals surface area (Å²) in [6, 6.07) is 8.23. The second-order valence-electron chi connectivity index (χ2n) is 5.53. The molecule has 0 bridgehead atoms. The fraction of sp³-hybridized carbons (Fsp3) is 0.222. The van der Waals surface area contributed by atoms with Crippen LogP contribution >= 0.6 is 11.6 Å². The minimum Gasteiger partial charge on any atom is -0.326 e. The molecule has 1 N–H and O–H groups in total. The van der Waals surface area contributed by atoms with Gasteiger partial charge in [-0.2, -0.15) is 0 Å². The van der Waals surface area contributed by atoms with Crippen molar-refractivity contribution in [1.29, 1.82) is 0 Å². The van der Waals surface area contributed by atoms with Gasteiger partial charge in [-0.05, 0) is 42.8 Å². The molecule has 2 rings (SSSR count). The highest BCUT2D eigenvalue weighted by Crippen LogP contribution is 2.21. The average Bonchev–Trinajstić information content (AvgIpc) is 2.53. The van der Waals surface area contributed by atoms with Crippen molar-refractivity contribution in [3.63, 3.8) is 0 Å². The van der Waals surface area contributed by atoms with E-state index in [0.717, 1.165) is 17.7 Å². The summed E-state index contributed by atoms with van der Waals surface area (Å²) in [6.07, 6.45) is 0.000637. The van der Waals surface area contributed by atoms with Gasteiger partial charge in [0.15, 0.2) is 11.6 Å². The molecule has 2 aromatic rings. The zero-order valence-electron chi connectivity index (χ0n) is 13.8. The Labute approximate surface area is 149 Å². The lowest BCUT2D eigenvalue weighted by Crippen LogP contribution is -2.32. The third-order valence-electron chi connectivity index (χ3n) is 3.62. The van der Waals surface area contributed by atoms with Gasteiger partial charge in [0.1, 0.15) is 0 Å². The molecular weight excluding hydrogens is 350 g/mol. The Balaban J connectivity index is 2.04. The molecule has 0 unspecified atom stereocenters. The largest absolute Gasteiger partial charge is 0.326 e. The molecule has 0 fully saturated rings. The smallest absolute Gasteiger partial charge is 0.226 e. The number of aryl methyl sites for hydroxylation is 1. The van der Waals surface area contributed by atoms with Crippen molar-refractivity contribution in [3.05, 3.63) is 58.6 Å². The van der Waals surface area contributed by atoms with Crippen LogP contribution in [0.25, 0.3) is 0 Å². The lowest BCUT2D eigenvalue weighted by molar-refractivity contribution is -0.117. The normalized spacial score (nSPS) is 10.4. The Kier molecular flexibility index (Phi) is 6.09. The van der Waals surface area contributed by atoms with Gasteiger partial charge in [-0.25, -0.2) is 8.78 Å². The minimum absolute atomic E-state index is 0.000637. The Hall–Kier alpha value is -2.47. The van der Waals surface area contributed by atoms with Crippen molar-refractivity contribution in [2.45, 2.75) is 20.3 Å². The SMILES string of the molecule is CC(=O)N(CCC(=O)Nc1ccc(Cl)cc1C)c1ccc(F)c(F)c1. The summed E-state index contributed by atoms with van der Waals surface area (Å²) in [4.78, 5) is 25.1. The first-order valence-electron chi connectivity index (χ1n) is 7.57. The maximum absolute atomic E-state index is 13.4. The van der Waals surface area contributed by atoms with Gasteiger partial charge in [0.25, 0.3) is 0 Å². The van der Waals surface area contributed by atoms with Crippen molar-refractivity contribution in [1.82, 2.24) is 0 Å². The number of nitrogens with zero attached hydrogens (tertiary/aromatic N) is 1. The number of hydrogen-bond acceptors (Lipinski definition) is 2. The molecule has 4 nitrogen and oxygen atoms in total. The fourth-order valence-electron chi connectivity index (χ4n) is 2.31. The Morgan fingerprint density at radius 1 is 1.12 bits per heavy atom. The second-order valence-corrected chi connectivity index (χ2v) is 5.96. The van der Waals surface area contributed by atoms with Crippen molar-refractivity contribution >= 4 is 34.8 Å². The first-order chi connectivity index (χ1) is 11.8. The number of carbonyl (C=O) groups excluding carboxylic acids is 2. The maximum Gasteiger partial charge on any atom is 0.226 e. The third kappa shape index (κ3) is 5.00. The standard InChI is InChI=1S/C18H17ClF2N2O2/c1-11-9-13(19)3-6-17(11)22-18(25)7-8-23(12(2)24)14-4-5-15(20)16(21)10-14/h3-6,9-10H,7-8H2,1-2H3,(H,22,25). The zero-order chi connectivity index (χ0) is 18.6. The molecule has 25 heavy (non-hydrogen) atoms. The molecule has 2 amide bonds. The molecule has 0 saturated carbocycles. The third-order valence-corrected chi connectivity index (χ3v) is 3.86. The van der Waals surface area contributed by atoms with Gasteiger partial charge in [0, 0.05) is 42.4 Å². The highest BCUT2D eigenvalue weighted by Gasteiger charge is 2.16. The molecule has 0 aliphatic rings. The molecular formula is C18H17ClF2N2O2. The van der Waals surface area contributed by atoms with Crippen LogP contribution in [0.15, 0.2) is 36.4 Å².